The van der Waals surface area contributed by atoms with Gasteiger partial charge in [-0.25, -0.2) is 8.78 Å². The summed E-state index contributed by atoms with van der Waals surface area (Å²) in [5, 5.41) is 3.47. The van der Waals surface area contributed by atoms with Gasteiger partial charge in [-0.2, -0.15) is 0 Å². The van der Waals surface area contributed by atoms with Crippen LogP contribution in [0.2, 0.25) is 0 Å². The van der Waals surface area contributed by atoms with Gasteiger partial charge in [0.2, 0.25) is 0 Å². The Hall–Kier alpha value is -3.12. The van der Waals surface area contributed by atoms with Crippen LogP contribution in [-0.4, -0.2) is 0 Å². The molecule has 0 aliphatic heterocycles. The molecule has 0 unspecified atom stereocenters. The molecule has 0 atom stereocenters. The second-order valence-electron chi connectivity index (χ2n) is 8.68. The van der Waals surface area contributed by atoms with Crippen molar-refractivity contribution in [2.75, 3.05) is 0 Å². The Balaban J connectivity index is 1.41. The first-order chi connectivity index (χ1) is 16.2. The summed E-state index contributed by atoms with van der Waals surface area (Å²) >= 11 is 5.50. The zero-order valence-corrected chi connectivity index (χ0v) is 19.2. The largest absolute Gasteiger partial charge is 0.206 e. The van der Waals surface area contributed by atoms with Gasteiger partial charge < -0.3 is 0 Å². The summed E-state index contributed by atoms with van der Waals surface area (Å²) in [6.45, 7) is 0. The smallest absolute Gasteiger partial charge is 0.131 e. The number of halogens is 2. The van der Waals surface area contributed by atoms with Gasteiger partial charge in [0.1, 0.15) is 11.6 Å². The van der Waals surface area contributed by atoms with Gasteiger partial charge in [-0.1, -0.05) is 48.5 Å². The first-order valence-corrected chi connectivity index (χ1v) is 13.1. The Kier molecular flexibility index (Phi) is 2.90. The minimum Gasteiger partial charge on any atom is -0.206 e. The van der Waals surface area contributed by atoms with E-state index in [1.165, 1.54) is 39.7 Å². The minimum atomic E-state index is -0.162. The molecule has 0 spiro atoms. The molecule has 0 radical (unpaired) electrons. The molecule has 0 N–H and O–H groups in total. The summed E-state index contributed by atoms with van der Waals surface area (Å²) < 4.78 is 34.3. The summed E-state index contributed by atoms with van der Waals surface area (Å²) in [4.78, 5) is 2.50. The topological polar surface area (TPSA) is 0 Å². The van der Waals surface area contributed by atoms with Crippen LogP contribution in [0.25, 0.3) is 83.5 Å². The average Bonchev–Trinajstić information content (AvgIpc) is 3.58. The van der Waals surface area contributed by atoms with Gasteiger partial charge in [0.25, 0.3) is 0 Å². The molecule has 33 heavy (non-hydrogen) atoms. The molecule has 9 rings (SSSR count). The van der Waals surface area contributed by atoms with E-state index in [0.717, 1.165) is 33.0 Å². The van der Waals surface area contributed by atoms with E-state index in [-0.39, 0.29) is 11.6 Å². The molecule has 2 aliphatic rings. The molecule has 7 aromatic rings. The standard InChI is InChI=1S/C28H10F2S3/c29-17-9-7-13-19-11(17)3-1-5-15(19)23-21(13)25-27(31-23)28-26(33-25)22-14-8-10-18(30)12-4-2-6-16(20(12)14)24(22)32-28/h1-10H. The predicted molar refractivity (Wildman–Crippen MR) is 139 cm³/mol. The fraction of sp³-hybridized carbons (Fsp3) is 0. The zero-order chi connectivity index (χ0) is 21.6. The molecule has 0 saturated heterocycles. The van der Waals surface area contributed by atoms with Crippen LogP contribution < -0.4 is 0 Å². The van der Waals surface area contributed by atoms with Gasteiger partial charge in [0, 0.05) is 53.6 Å². The quantitative estimate of drug-likeness (QED) is 0.203. The Labute approximate surface area is 198 Å². The van der Waals surface area contributed by atoms with Gasteiger partial charge in [-0.05, 0) is 23.3 Å². The SMILES string of the molecule is Fc1ccc2c3c(cccc13)-c1sc3c(sc4c5c(sc43)-c3cccc4c(F)ccc-5c34)c1-2. The number of rotatable bonds is 0. The van der Waals surface area contributed by atoms with Crippen LogP contribution in [-0.2, 0) is 0 Å². The lowest BCUT2D eigenvalue weighted by Crippen LogP contribution is -1.81. The monoisotopic (exact) mass is 480 g/mol. The van der Waals surface area contributed by atoms with Crippen molar-refractivity contribution in [2.24, 2.45) is 0 Å². The maximum atomic E-state index is 14.5. The summed E-state index contributed by atoms with van der Waals surface area (Å²) in [6.07, 6.45) is 0. The van der Waals surface area contributed by atoms with Gasteiger partial charge in [-0.15, -0.1) is 34.0 Å². The first-order valence-electron chi connectivity index (χ1n) is 10.7. The van der Waals surface area contributed by atoms with Crippen LogP contribution in [0.1, 0.15) is 0 Å². The molecular weight excluding hydrogens is 471 g/mol. The predicted octanol–water partition coefficient (Wildman–Crippen LogP) is 10.1. The van der Waals surface area contributed by atoms with Crippen LogP contribution in [0.15, 0.2) is 60.7 Å². The lowest BCUT2D eigenvalue weighted by Gasteiger charge is -2.03. The summed E-state index contributed by atoms with van der Waals surface area (Å²) in [5.74, 6) is -0.324. The van der Waals surface area contributed by atoms with E-state index in [9.17, 15) is 8.78 Å². The highest BCUT2D eigenvalue weighted by molar-refractivity contribution is 7.41. The van der Waals surface area contributed by atoms with Gasteiger partial charge >= 0.3 is 0 Å². The van der Waals surface area contributed by atoms with Crippen molar-refractivity contribution in [3.8, 4) is 43.1 Å². The Morgan fingerprint density at radius 2 is 0.939 bits per heavy atom. The zero-order valence-electron chi connectivity index (χ0n) is 16.8. The van der Waals surface area contributed by atoms with E-state index >= 15 is 0 Å². The number of fused-ring (bicyclic) bond motifs is 11. The molecular formula is C28H10F2S3. The lowest BCUT2D eigenvalue weighted by molar-refractivity contribution is 0.639. The first kappa shape index (κ1) is 17.4. The molecule has 0 bridgehead atoms. The van der Waals surface area contributed by atoms with Crippen LogP contribution in [0.4, 0.5) is 8.78 Å². The van der Waals surface area contributed by atoms with Gasteiger partial charge in [-0.3, -0.25) is 0 Å². The summed E-state index contributed by atoms with van der Waals surface area (Å²) in [7, 11) is 0. The molecule has 3 aromatic heterocycles. The molecule has 3 heterocycles. The van der Waals surface area contributed by atoms with E-state index in [2.05, 4.69) is 12.1 Å². The number of thiophene rings is 3. The third-order valence-corrected chi connectivity index (χ3v) is 11.2. The van der Waals surface area contributed by atoms with Crippen LogP contribution in [0.5, 0.6) is 0 Å². The molecule has 0 fully saturated rings. The van der Waals surface area contributed by atoms with E-state index < -0.39 is 0 Å². The van der Waals surface area contributed by atoms with Crippen LogP contribution in [0.3, 0.4) is 0 Å². The van der Waals surface area contributed by atoms with Crippen molar-refractivity contribution in [3.05, 3.63) is 72.3 Å². The van der Waals surface area contributed by atoms with Crippen LogP contribution in [0, 0.1) is 11.6 Å². The van der Waals surface area contributed by atoms with E-state index in [1.54, 1.807) is 12.1 Å². The van der Waals surface area contributed by atoms with Gasteiger partial charge in [0.05, 0.1) is 18.8 Å². The number of hydrogen-bond acceptors (Lipinski definition) is 3. The van der Waals surface area contributed by atoms with Crippen molar-refractivity contribution in [1.29, 1.82) is 0 Å². The van der Waals surface area contributed by atoms with Crippen molar-refractivity contribution in [1.82, 2.24) is 0 Å². The van der Waals surface area contributed by atoms with E-state index in [1.807, 2.05) is 70.4 Å². The Bertz CT molecular complexity index is 1910. The van der Waals surface area contributed by atoms with Crippen molar-refractivity contribution in [2.45, 2.75) is 0 Å². The molecule has 154 valence electrons. The second-order valence-corrected chi connectivity index (χ2v) is 11.7. The van der Waals surface area contributed by atoms with Crippen molar-refractivity contribution < 1.29 is 8.78 Å². The minimum absolute atomic E-state index is 0.162. The fourth-order valence-corrected chi connectivity index (χ4v) is 10.4. The molecule has 0 saturated carbocycles. The second kappa shape index (κ2) is 5.50. The number of benzene rings is 4. The molecule has 4 aromatic carbocycles. The Morgan fingerprint density at radius 3 is 1.42 bits per heavy atom. The summed E-state index contributed by atoms with van der Waals surface area (Å²) in [6, 6.07) is 19.0. The van der Waals surface area contributed by atoms with E-state index in [0.29, 0.717) is 10.8 Å². The highest BCUT2D eigenvalue weighted by Crippen LogP contribution is 2.63. The number of hydrogen-bond donors (Lipinski definition) is 0. The van der Waals surface area contributed by atoms with Crippen LogP contribution >= 0.6 is 34.0 Å². The molecule has 0 amide bonds. The van der Waals surface area contributed by atoms with E-state index in [4.69, 9.17) is 0 Å². The Morgan fingerprint density at radius 1 is 0.455 bits per heavy atom. The maximum absolute atomic E-state index is 14.5. The highest BCUT2D eigenvalue weighted by Gasteiger charge is 2.33. The maximum Gasteiger partial charge on any atom is 0.131 e. The van der Waals surface area contributed by atoms with Gasteiger partial charge in [0.15, 0.2) is 0 Å². The third kappa shape index (κ3) is 1.83. The fourth-order valence-electron chi connectivity index (χ4n) is 5.83. The average molecular weight is 481 g/mol. The van der Waals surface area contributed by atoms with Crippen molar-refractivity contribution in [3.63, 3.8) is 0 Å². The normalized spacial score (nSPS) is 13.2. The summed E-state index contributed by atoms with van der Waals surface area (Å²) in [5.41, 5.74) is 7.08. The molecule has 5 heteroatoms. The molecule has 2 aliphatic carbocycles. The third-order valence-electron chi connectivity index (χ3n) is 7.14. The highest BCUT2D eigenvalue weighted by atomic mass is 32.1. The molecule has 0 nitrogen and oxygen atoms in total. The van der Waals surface area contributed by atoms with Crippen molar-refractivity contribution >= 4 is 74.4 Å². The lowest BCUT2D eigenvalue weighted by atomic mass is 10.0.